The van der Waals surface area contributed by atoms with Crippen LogP contribution in [0.15, 0.2) is 77.9 Å². The lowest BCUT2D eigenvalue weighted by Crippen LogP contribution is -2.53. The second-order valence-corrected chi connectivity index (χ2v) is 11.8. The molecule has 0 aliphatic carbocycles. The van der Waals surface area contributed by atoms with Gasteiger partial charge in [-0.3, -0.25) is 19.1 Å². The molecular weight excluding hydrogens is 606 g/mol. The Morgan fingerprint density at radius 3 is 2.46 bits per heavy atom. The quantitative estimate of drug-likeness (QED) is 0.272. The standard InChI is InChI=1S/C33H32ClN9O3/c1-19-28(33(46)43(41(19)4)25-7-5-6-23(34)15-25)31(44)38-24-10-8-20(9-11-24)29-30(35)37-16-26(39-29)21-12-13-36-27(14-21)42-17-22(18-42)32(45)40(2)3/h5-16,22H,17-18H2,1-4H3,(H2,35,37)(H,38,44). The average Bonchev–Trinajstić information content (AvgIpc) is 3.24. The molecule has 0 radical (unpaired) electrons. The van der Waals surface area contributed by atoms with E-state index in [4.69, 9.17) is 22.3 Å². The predicted molar refractivity (Wildman–Crippen MR) is 178 cm³/mol. The van der Waals surface area contributed by atoms with Gasteiger partial charge in [0.15, 0.2) is 0 Å². The Bertz CT molecular complexity index is 2030. The summed E-state index contributed by atoms with van der Waals surface area (Å²) in [5, 5.41) is 3.30. The Hall–Kier alpha value is -5.49. The molecule has 0 bridgehead atoms. The van der Waals surface area contributed by atoms with E-state index in [0.29, 0.717) is 52.1 Å². The number of nitrogens with one attached hydrogen (secondary N) is 1. The lowest BCUT2D eigenvalue weighted by atomic mass is 9.98. The van der Waals surface area contributed by atoms with Gasteiger partial charge in [-0.2, -0.15) is 0 Å². The van der Waals surface area contributed by atoms with Crippen molar-refractivity contribution in [3.8, 4) is 28.2 Å². The van der Waals surface area contributed by atoms with Gasteiger partial charge in [0.1, 0.15) is 22.9 Å². The zero-order chi connectivity index (χ0) is 32.7. The van der Waals surface area contributed by atoms with Crippen molar-refractivity contribution in [2.45, 2.75) is 6.92 Å². The van der Waals surface area contributed by atoms with Crippen LogP contribution >= 0.6 is 11.6 Å². The largest absolute Gasteiger partial charge is 0.382 e. The summed E-state index contributed by atoms with van der Waals surface area (Å²) in [6, 6.07) is 17.6. The van der Waals surface area contributed by atoms with Crippen LogP contribution in [0.1, 0.15) is 16.1 Å². The summed E-state index contributed by atoms with van der Waals surface area (Å²) in [5.41, 5.74) is 9.98. The maximum absolute atomic E-state index is 13.3. The van der Waals surface area contributed by atoms with Gasteiger partial charge < -0.3 is 20.9 Å². The summed E-state index contributed by atoms with van der Waals surface area (Å²) in [6.45, 7) is 2.93. The van der Waals surface area contributed by atoms with Crippen LogP contribution < -0.4 is 21.5 Å². The van der Waals surface area contributed by atoms with E-state index < -0.39 is 11.5 Å². The van der Waals surface area contributed by atoms with Crippen molar-refractivity contribution in [3.05, 3.63) is 99.7 Å². The van der Waals surface area contributed by atoms with Crippen LogP contribution in [0.3, 0.4) is 0 Å². The van der Waals surface area contributed by atoms with E-state index in [1.165, 1.54) is 4.68 Å². The number of nitrogen functional groups attached to an aromatic ring is 1. The first-order chi connectivity index (χ1) is 22.0. The van der Waals surface area contributed by atoms with Gasteiger partial charge in [-0.15, -0.1) is 0 Å². The number of rotatable bonds is 7. The Kier molecular flexibility index (Phi) is 8.05. The summed E-state index contributed by atoms with van der Waals surface area (Å²) in [4.78, 5) is 56.2. The Labute approximate surface area is 270 Å². The number of nitrogens with zero attached hydrogens (tertiary/aromatic N) is 7. The van der Waals surface area contributed by atoms with Gasteiger partial charge in [-0.25, -0.2) is 19.6 Å². The van der Waals surface area contributed by atoms with E-state index in [-0.39, 0.29) is 23.2 Å². The third kappa shape index (κ3) is 5.70. The second kappa shape index (κ2) is 12.1. The number of aromatic nitrogens is 5. The van der Waals surface area contributed by atoms with Gasteiger partial charge in [0, 0.05) is 62.3 Å². The van der Waals surface area contributed by atoms with Gasteiger partial charge in [0.05, 0.1) is 29.2 Å². The lowest BCUT2D eigenvalue weighted by molar-refractivity contribution is -0.133. The highest BCUT2D eigenvalue weighted by atomic mass is 35.5. The maximum Gasteiger partial charge on any atom is 0.284 e. The third-order valence-electron chi connectivity index (χ3n) is 8.09. The topological polar surface area (TPSA) is 144 Å². The molecule has 1 saturated heterocycles. The number of nitrogens with two attached hydrogens (primary N) is 1. The van der Waals surface area contributed by atoms with Crippen molar-refractivity contribution in [2.24, 2.45) is 13.0 Å². The van der Waals surface area contributed by atoms with Crippen LogP contribution in [0.25, 0.3) is 28.2 Å². The first-order valence-corrected chi connectivity index (χ1v) is 14.9. The molecule has 3 N–H and O–H groups in total. The molecule has 2 amide bonds. The van der Waals surface area contributed by atoms with Gasteiger partial charge in [-0.1, -0.05) is 29.8 Å². The van der Waals surface area contributed by atoms with Crippen LogP contribution in [-0.2, 0) is 11.8 Å². The van der Waals surface area contributed by atoms with Crippen molar-refractivity contribution in [1.29, 1.82) is 0 Å². The summed E-state index contributed by atoms with van der Waals surface area (Å²) in [6.07, 6.45) is 3.32. The van der Waals surface area contributed by atoms with Crippen molar-refractivity contribution in [2.75, 3.05) is 43.1 Å². The zero-order valence-electron chi connectivity index (χ0n) is 25.7. The van der Waals surface area contributed by atoms with E-state index in [2.05, 4.69) is 20.2 Å². The van der Waals surface area contributed by atoms with Crippen molar-refractivity contribution in [1.82, 2.24) is 29.2 Å². The molecule has 13 heteroatoms. The number of hydrogen-bond acceptors (Lipinski definition) is 8. The molecule has 1 fully saturated rings. The first-order valence-electron chi connectivity index (χ1n) is 14.5. The Morgan fingerprint density at radius 1 is 1.02 bits per heavy atom. The normalized spacial score (nSPS) is 12.9. The number of pyridine rings is 1. The molecule has 0 atom stereocenters. The molecule has 0 saturated carbocycles. The highest BCUT2D eigenvalue weighted by Gasteiger charge is 2.34. The number of halogens is 1. The smallest absolute Gasteiger partial charge is 0.284 e. The highest BCUT2D eigenvalue weighted by molar-refractivity contribution is 6.30. The molecule has 46 heavy (non-hydrogen) atoms. The number of carbonyl (C=O) groups is 2. The summed E-state index contributed by atoms with van der Waals surface area (Å²) in [7, 11) is 5.24. The predicted octanol–water partition coefficient (Wildman–Crippen LogP) is 4.02. The molecule has 1 aliphatic heterocycles. The summed E-state index contributed by atoms with van der Waals surface area (Å²) >= 11 is 6.13. The lowest BCUT2D eigenvalue weighted by Gasteiger charge is -2.40. The van der Waals surface area contributed by atoms with E-state index in [9.17, 15) is 14.4 Å². The fourth-order valence-electron chi connectivity index (χ4n) is 5.46. The molecule has 0 unspecified atom stereocenters. The third-order valence-corrected chi connectivity index (χ3v) is 8.32. The van der Waals surface area contributed by atoms with Gasteiger partial charge >= 0.3 is 0 Å². The number of anilines is 3. The van der Waals surface area contributed by atoms with E-state index in [1.54, 1.807) is 98.6 Å². The minimum absolute atomic E-state index is 0.0316. The van der Waals surface area contributed by atoms with E-state index in [1.807, 2.05) is 12.1 Å². The van der Waals surface area contributed by atoms with E-state index in [0.717, 1.165) is 11.4 Å². The summed E-state index contributed by atoms with van der Waals surface area (Å²) < 4.78 is 3.03. The monoisotopic (exact) mass is 637 g/mol. The van der Waals surface area contributed by atoms with Crippen LogP contribution in [0.5, 0.6) is 0 Å². The molecule has 0 spiro atoms. The molecule has 5 aromatic rings. The molecular formula is C33H32ClN9O3. The SMILES string of the molecule is Cc1c(C(=O)Nc2ccc(-c3nc(-c4ccnc(N5CC(C(=O)N(C)C)C5)c4)cnc3N)cc2)c(=O)n(-c2cccc(Cl)c2)n1C. The van der Waals surface area contributed by atoms with Crippen LogP contribution in [-0.4, -0.2) is 68.2 Å². The molecule has 3 aromatic heterocycles. The highest BCUT2D eigenvalue weighted by Crippen LogP contribution is 2.30. The van der Waals surface area contributed by atoms with Crippen LogP contribution in [0.2, 0.25) is 5.02 Å². The van der Waals surface area contributed by atoms with Crippen molar-refractivity contribution >= 4 is 40.7 Å². The van der Waals surface area contributed by atoms with Crippen LogP contribution in [0, 0.1) is 12.8 Å². The number of benzene rings is 2. The molecule has 1 aliphatic rings. The van der Waals surface area contributed by atoms with Crippen LogP contribution in [0.4, 0.5) is 17.3 Å². The van der Waals surface area contributed by atoms with E-state index >= 15 is 0 Å². The fraction of sp³-hybridized carbons (Fsp3) is 0.212. The van der Waals surface area contributed by atoms with Gasteiger partial charge in [0.25, 0.3) is 11.5 Å². The number of carbonyl (C=O) groups excluding carboxylic acids is 2. The van der Waals surface area contributed by atoms with Crippen molar-refractivity contribution in [3.63, 3.8) is 0 Å². The fourth-order valence-corrected chi connectivity index (χ4v) is 5.65. The first kappa shape index (κ1) is 30.5. The second-order valence-electron chi connectivity index (χ2n) is 11.3. The molecule has 234 valence electrons. The molecule has 12 nitrogen and oxygen atoms in total. The number of hydrogen-bond donors (Lipinski definition) is 2. The minimum atomic E-state index is -0.527. The van der Waals surface area contributed by atoms with Crippen molar-refractivity contribution < 1.29 is 9.59 Å². The Balaban J connectivity index is 1.20. The maximum atomic E-state index is 13.3. The minimum Gasteiger partial charge on any atom is -0.382 e. The Morgan fingerprint density at radius 2 is 1.76 bits per heavy atom. The average molecular weight is 638 g/mol. The number of amides is 2. The summed E-state index contributed by atoms with van der Waals surface area (Å²) in [5.74, 6) is 0.554. The molecule has 6 rings (SSSR count). The van der Waals surface area contributed by atoms with Gasteiger partial charge in [-0.05, 0) is 49.4 Å². The molecule has 2 aromatic carbocycles. The molecule has 4 heterocycles. The van der Waals surface area contributed by atoms with Gasteiger partial charge in [0.2, 0.25) is 5.91 Å². The zero-order valence-corrected chi connectivity index (χ0v) is 26.5.